The van der Waals surface area contributed by atoms with Crippen molar-refractivity contribution in [2.75, 3.05) is 5.32 Å². The van der Waals surface area contributed by atoms with Crippen LogP contribution in [0.5, 0.6) is 0 Å². The molecular weight excluding hydrogens is 366 g/mol. The topological polar surface area (TPSA) is 46.9 Å². The smallest absolute Gasteiger partial charge is 0.227 e. The van der Waals surface area contributed by atoms with E-state index in [0.29, 0.717) is 23.8 Å². The molecular formula is C16H13BrClN3O. The van der Waals surface area contributed by atoms with Gasteiger partial charge < -0.3 is 9.88 Å². The third-order valence-electron chi connectivity index (χ3n) is 3.31. The van der Waals surface area contributed by atoms with Crippen LogP contribution in [0.3, 0.4) is 0 Å². The van der Waals surface area contributed by atoms with Crippen molar-refractivity contribution >= 4 is 50.2 Å². The average molecular weight is 379 g/mol. The molecule has 0 saturated carbocycles. The number of pyridine rings is 1. The number of halogens is 2. The van der Waals surface area contributed by atoms with Crippen molar-refractivity contribution in [3.63, 3.8) is 0 Å². The van der Waals surface area contributed by atoms with Crippen LogP contribution in [-0.2, 0) is 11.3 Å². The summed E-state index contributed by atoms with van der Waals surface area (Å²) in [6.45, 7) is 0.616. The molecule has 1 amide bonds. The van der Waals surface area contributed by atoms with Crippen molar-refractivity contribution in [2.45, 2.75) is 13.0 Å². The molecule has 112 valence electrons. The van der Waals surface area contributed by atoms with Gasteiger partial charge in [-0.3, -0.25) is 4.79 Å². The normalized spacial score (nSPS) is 10.8. The number of nitrogens with one attached hydrogen (secondary N) is 1. The quantitative estimate of drug-likeness (QED) is 0.727. The predicted molar refractivity (Wildman–Crippen MR) is 92.1 cm³/mol. The number of hydrogen-bond donors (Lipinski definition) is 1. The van der Waals surface area contributed by atoms with Gasteiger partial charge in [-0.1, -0.05) is 27.5 Å². The van der Waals surface area contributed by atoms with E-state index in [2.05, 4.69) is 36.9 Å². The number of anilines is 1. The maximum Gasteiger partial charge on any atom is 0.227 e. The molecule has 0 unspecified atom stereocenters. The molecule has 3 aromatic rings. The molecule has 0 aliphatic rings. The molecule has 0 spiro atoms. The Labute approximate surface area is 141 Å². The first kappa shape index (κ1) is 15.1. The third-order valence-corrected chi connectivity index (χ3v) is 4.02. The maximum atomic E-state index is 12.0. The van der Waals surface area contributed by atoms with Crippen molar-refractivity contribution in [3.05, 3.63) is 58.3 Å². The summed E-state index contributed by atoms with van der Waals surface area (Å²) >= 11 is 9.22. The minimum atomic E-state index is -0.0752. The highest BCUT2D eigenvalue weighted by Gasteiger charge is 2.06. The summed E-state index contributed by atoms with van der Waals surface area (Å²) < 4.78 is 3.11. The number of nitrogens with zero attached hydrogens (tertiary/aromatic N) is 2. The fourth-order valence-corrected chi connectivity index (χ4v) is 2.73. The van der Waals surface area contributed by atoms with Gasteiger partial charge in [0.2, 0.25) is 5.91 Å². The van der Waals surface area contributed by atoms with Gasteiger partial charge >= 0.3 is 0 Å². The SMILES string of the molecule is O=C(CCn1ccc2cc(Br)ccc21)Nc1ccc(Cl)cn1. The number of aromatic nitrogens is 2. The van der Waals surface area contributed by atoms with Crippen molar-refractivity contribution in [1.82, 2.24) is 9.55 Å². The summed E-state index contributed by atoms with van der Waals surface area (Å²) in [7, 11) is 0. The fraction of sp³-hybridized carbons (Fsp3) is 0.125. The minimum Gasteiger partial charge on any atom is -0.347 e. The van der Waals surface area contributed by atoms with Crippen molar-refractivity contribution in [3.8, 4) is 0 Å². The first-order valence-electron chi connectivity index (χ1n) is 6.77. The monoisotopic (exact) mass is 377 g/mol. The van der Waals surface area contributed by atoms with Crippen molar-refractivity contribution < 1.29 is 4.79 Å². The predicted octanol–water partition coefficient (Wildman–Crippen LogP) is 4.48. The lowest BCUT2D eigenvalue weighted by molar-refractivity contribution is -0.116. The van der Waals surface area contributed by atoms with E-state index in [1.54, 1.807) is 12.1 Å². The summed E-state index contributed by atoms with van der Waals surface area (Å²) in [5, 5.41) is 4.45. The van der Waals surface area contributed by atoms with Gasteiger partial charge in [-0.05, 0) is 36.4 Å². The second kappa shape index (κ2) is 6.50. The molecule has 0 saturated heterocycles. The largest absolute Gasteiger partial charge is 0.347 e. The lowest BCUT2D eigenvalue weighted by Crippen LogP contribution is -2.14. The van der Waals surface area contributed by atoms with Gasteiger partial charge in [0.05, 0.1) is 5.02 Å². The molecule has 2 aromatic heterocycles. The Morgan fingerprint density at radius 3 is 2.91 bits per heavy atom. The molecule has 2 heterocycles. The Morgan fingerprint density at radius 1 is 1.27 bits per heavy atom. The van der Waals surface area contributed by atoms with Crippen LogP contribution in [-0.4, -0.2) is 15.5 Å². The number of carbonyl (C=O) groups excluding carboxylic acids is 1. The molecule has 3 rings (SSSR count). The molecule has 0 bridgehead atoms. The lowest BCUT2D eigenvalue weighted by Gasteiger charge is -2.07. The number of rotatable bonds is 4. The first-order valence-corrected chi connectivity index (χ1v) is 7.95. The zero-order chi connectivity index (χ0) is 15.5. The number of hydrogen-bond acceptors (Lipinski definition) is 2. The average Bonchev–Trinajstić information content (AvgIpc) is 2.89. The minimum absolute atomic E-state index is 0.0752. The summed E-state index contributed by atoms with van der Waals surface area (Å²) in [6, 6.07) is 11.5. The first-order chi connectivity index (χ1) is 10.6. The molecule has 4 nitrogen and oxygen atoms in total. The van der Waals surface area contributed by atoms with E-state index in [0.717, 1.165) is 15.4 Å². The van der Waals surface area contributed by atoms with E-state index in [1.807, 2.05) is 24.4 Å². The highest BCUT2D eigenvalue weighted by molar-refractivity contribution is 9.10. The van der Waals surface area contributed by atoms with E-state index in [1.165, 1.54) is 6.20 Å². The summed E-state index contributed by atoms with van der Waals surface area (Å²) in [6.07, 6.45) is 3.88. The van der Waals surface area contributed by atoms with E-state index in [4.69, 9.17) is 11.6 Å². The molecule has 0 aliphatic heterocycles. The highest BCUT2D eigenvalue weighted by atomic mass is 79.9. The van der Waals surface area contributed by atoms with Crippen LogP contribution < -0.4 is 5.32 Å². The summed E-state index contributed by atoms with van der Waals surface area (Å²) in [4.78, 5) is 16.0. The second-order valence-electron chi connectivity index (χ2n) is 4.87. The van der Waals surface area contributed by atoms with Crippen LogP contribution >= 0.6 is 27.5 Å². The summed E-state index contributed by atoms with van der Waals surface area (Å²) in [5.74, 6) is 0.435. The van der Waals surface area contributed by atoms with Gasteiger partial charge in [0.15, 0.2) is 0 Å². The molecule has 22 heavy (non-hydrogen) atoms. The lowest BCUT2D eigenvalue weighted by atomic mass is 10.2. The standard InChI is InChI=1S/C16H13BrClN3O/c17-12-1-3-14-11(9-12)5-7-21(14)8-6-16(22)20-15-4-2-13(18)10-19-15/h1-5,7,9-10H,6,8H2,(H,19,20,22). The van der Waals surface area contributed by atoms with E-state index >= 15 is 0 Å². The zero-order valence-corrected chi connectivity index (χ0v) is 13.9. The van der Waals surface area contributed by atoms with E-state index in [9.17, 15) is 4.79 Å². The number of fused-ring (bicyclic) bond motifs is 1. The molecule has 1 aromatic carbocycles. The van der Waals surface area contributed by atoms with Gasteiger partial charge in [-0.2, -0.15) is 0 Å². The van der Waals surface area contributed by atoms with Crippen LogP contribution in [0.1, 0.15) is 6.42 Å². The number of aryl methyl sites for hydroxylation is 1. The van der Waals surface area contributed by atoms with Crippen LogP contribution in [0.2, 0.25) is 5.02 Å². The summed E-state index contributed by atoms with van der Waals surface area (Å²) in [5.41, 5.74) is 1.11. The molecule has 0 fully saturated rings. The Hall–Kier alpha value is -1.85. The van der Waals surface area contributed by atoms with Crippen LogP contribution in [0.15, 0.2) is 53.3 Å². The van der Waals surface area contributed by atoms with Gasteiger partial charge in [0.1, 0.15) is 5.82 Å². The highest BCUT2D eigenvalue weighted by Crippen LogP contribution is 2.21. The zero-order valence-electron chi connectivity index (χ0n) is 11.6. The number of carbonyl (C=O) groups is 1. The van der Waals surface area contributed by atoms with Crippen LogP contribution in [0.25, 0.3) is 10.9 Å². The molecule has 0 aliphatic carbocycles. The molecule has 1 N–H and O–H groups in total. The molecule has 0 radical (unpaired) electrons. The second-order valence-corrected chi connectivity index (χ2v) is 6.22. The Balaban J connectivity index is 1.63. The maximum absolute atomic E-state index is 12.0. The van der Waals surface area contributed by atoms with Gasteiger partial charge in [-0.15, -0.1) is 0 Å². The van der Waals surface area contributed by atoms with Crippen molar-refractivity contribution in [2.24, 2.45) is 0 Å². The van der Waals surface area contributed by atoms with Gasteiger partial charge in [0.25, 0.3) is 0 Å². The van der Waals surface area contributed by atoms with Gasteiger partial charge in [0, 0.05) is 40.7 Å². The van der Waals surface area contributed by atoms with E-state index < -0.39 is 0 Å². The van der Waals surface area contributed by atoms with Crippen LogP contribution in [0.4, 0.5) is 5.82 Å². The third kappa shape index (κ3) is 3.48. The molecule has 6 heteroatoms. The van der Waals surface area contributed by atoms with E-state index in [-0.39, 0.29) is 5.91 Å². The van der Waals surface area contributed by atoms with Crippen LogP contribution in [0, 0.1) is 0 Å². The number of benzene rings is 1. The fourth-order valence-electron chi connectivity index (χ4n) is 2.24. The molecule has 0 atom stereocenters. The Morgan fingerprint density at radius 2 is 2.14 bits per heavy atom. The number of amides is 1. The van der Waals surface area contributed by atoms with Gasteiger partial charge in [-0.25, -0.2) is 4.98 Å². The van der Waals surface area contributed by atoms with Crippen molar-refractivity contribution in [1.29, 1.82) is 0 Å². The Bertz CT molecular complexity index is 814. The Kier molecular flexibility index (Phi) is 4.45.